The molecule has 0 saturated carbocycles. The first kappa shape index (κ1) is 12.5. The minimum absolute atomic E-state index is 0.472. The van der Waals surface area contributed by atoms with Crippen LogP contribution in [-0.4, -0.2) is 43.2 Å². The second kappa shape index (κ2) is 5.51. The van der Waals surface area contributed by atoms with E-state index in [4.69, 9.17) is 9.84 Å². The fraction of sp³-hybridized carbons (Fsp3) is 0.417. The maximum atomic E-state index is 11.0. The maximum absolute atomic E-state index is 11.0. The Bertz CT molecular complexity index is 363. The van der Waals surface area contributed by atoms with Crippen molar-refractivity contribution in [1.82, 2.24) is 4.90 Å². The van der Waals surface area contributed by atoms with E-state index in [9.17, 15) is 4.79 Å². The zero-order valence-corrected chi connectivity index (χ0v) is 9.80. The minimum Gasteiger partial charge on any atom is -0.497 e. The molecule has 4 nitrogen and oxygen atoms in total. The van der Waals surface area contributed by atoms with E-state index in [-0.39, 0.29) is 0 Å². The summed E-state index contributed by atoms with van der Waals surface area (Å²) < 4.78 is 5.10. The zero-order chi connectivity index (χ0) is 12.1. The van der Waals surface area contributed by atoms with Crippen LogP contribution in [-0.2, 0) is 11.2 Å². The molecular weight excluding hydrogens is 206 g/mol. The molecule has 1 aromatic carbocycles. The van der Waals surface area contributed by atoms with E-state index < -0.39 is 12.0 Å². The molecule has 0 heterocycles. The van der Waals surface area contributed by atoms with Crippen molar-refractivity contribution in [3.05, 3.63) is 29.8 Å². The summed E-state index contributed by atoms with van der Waals surface area (Å²) in [5.41, 5.74) is 0.959. The molecule has 1 aromatic rings. The highest BCUT2D eigenvalue weighted by Gasteiger charge is 2.20. The van der Waals surface area contributed by atoms with Gasteiger partial charge in [0.1, 0.15) is 11.8 Å². The van der Waals surface area contributed by atoms with Gasteiger partial charge < -0.3 is 9.84 Å². The average Bonchev–Trinajstić information content (AvgIpc) is 2.25. The van der Waals surface area contributed by atoms with Gasteiger partial charge in [-0.2, -0.15) is 0 Å². The van der Waals surface area contributed by atoms with Crippen molar-refractivity contribution < 1.29 is 14.6 Å². The lowest BCUT2D eigenvalue weighted by Crippen LogP contribution is -2.37. The van der Waals surface area contributed by atoms with E-state index in [0.29, 0.717) is 6.42 Å². The molecule has 0 radical (unpaired) electrons. The number of likely N-dealkylation sites (N-methyl/N-ethyl adjacent to an activating group) is 1. The van der Waals surface area contributed by atoms with Crippen LogP contribution in [0.2, 0.25) is 0 Å². The Hall–Kier alpha value is -1.55. The molecule has 0 saturated heterocycles. The second-order valence-corrected chi connectivity index (χ2v) is 3.87. The lowest BCUT2D eigenvalue weighted by Gasteiger charge is -2.20. The zero-order valence-electron chi connectivity index (χ0n) is 9.80. The lowest BCUT2D eigenvalue weighted by atomic mass is 10.1. The van der Waals surface area contributed by atoms with Crippen LogP contribution < -0.4 is 4.74 Å². The van der Waals surface area contributed by atoms with Crippen molar-refractivity contribution in [3.8, 4) is 5.75 Å². The number of hydrogen-bond acceptors (Lipinski definition) is 3. The van der Waals surface area contributed by atoms with Gasteiger partial charge in [0.15, 0.2) is 0 Å². The van der Waals surface area contributed by atoms with Gasteiger partial charge in [-0.05, 0) is 38.2 Å². The van der Waals surface area contributed by atoms with Gasteiger partial charge in [-0.1, -0.05) is 12.1 Å². The Kier molecular flexibility index (Phi) is 4.31. The molecule has 0 amide bonds. The molecule has 0 aliphatic heterocycles. The predicted molar refractivity (Wildman–Crippen MR) is 61.8 cm³/mol. The highest BCUT2D eigenvalue weighted by molar-refractivity contribution is 5.73. The van der Waals surface area contributed by atoms with Gasteiger partial charge in [0.25, 0.3) is 0 Å². The minimum atomic E-state index is -0.812. The summed E-state index contributed by atoms with van der Waals surface area (Å²) in [4.78, 5) is 12.7. The van der Waals surface area contributed by atoms with Crippen LogP contribution in [0, 0.1) is 0 Å². The van der Waals surface area contributed by atoms with E-state index in [0.717, 1.165) is 11.3 Å². The van der Waals surface area contributed by atoms with Crippen molar-refractivity contribution in [2.45, 2.75) is 12.5 Å². The molecule has 88 valence electrons. The Morgan fingerprint density at radius 1 is 1.50 bits per heavy atom. The Labute approximate surface area is 95.5 Å². The molecule has 1 rings (SSSR count). The third-order valence-corrected chi connectivity index (χ3v) is 2.47. The highest BCUT2D eigenvalue weighted by Crippen LogP contribution is 2.15. The second-order valence-electron chi connectivity index (χ2n) is 3.87. The third kappa shape index (κ3) is 3.24. The normalized spacial score (nSPS) is 12.5. The summed E-state index contributed by atoms with van der Waals surface area (Å²) in [7, 11) is 5.12. The molecule has 4 heteroatoms. The van der Waals surface area contributed by atoms with Gasteiger partial charge in [0.2, 0.25) is 0 Å². The first-order valence-electron chi connectivity index (χ1n) is 5.06. The maximum Gasteiger partial charge on any atom is 0.321 e. The van der Waals surface area contributed by atoms with E-state index >= 15 is 0 Å². The van der Waals surface area contributed by atoms with E-state index in [1.54, 1.807) is 26.1 Å². The molecular formula is C12H17NO3. The monoisotopic (exact) mass is 223 g/mol. The quantitative estimate of drug-likeness (QED) is 0.816. The van der Waals surface area contributed by atoms with E-state index in [1.807, 2.05) is 24.3 Å². The standard InChI is InChI=1S/C12H17NO3/c1-13(2)11(12(14)15)8-9-5-4-6-10(7-9)16-3/h4-7,11H,8H2,1-3H3,(H,14,15)/t11-/m0/s1. The first-order valence-corrected chi connectivity index (χ1v) is 5.06. The van der Waals surface area contributed by atoms with Crippen molar-refractivity contribution >= 4 is 5.97 Å². The van der Waals surface area contributed by atoms with Gasteiger partial charge in [-0.25, -0.2) is 0 Å². The summed E-state index contributed by atoms with van der Waals surface area (Å²) in [6, 6.07) is 6.96. The number of nitrogens with zero attached hydrogens (tertiary/aromatic N) is 1. The summed E-state index contributed by atoms with van der Waals surface area (Å²) in [6.07, 6.45) is 0.472. The number of aliphatic carboxylic acids is 1. The highest BCUT2D eigenvalue weighted by atomic mass is 16.5. The van der Waals surface area contributed by atoms with Crippen LogP contribution in [0.3, 0.4) is 0 Å². The molecule has 0 unspecified atom stereocenters. The molecule has 1 atom stereocenters. The van der Waals surface area contributed by atoms with Crippen LogP contribution in [0.5, 0.6) is 5.75 Å². The SMILES string of the molecule is COc1cccc(C[C@@H](C(=O)O)N(C)C)c1. The van der Waals surface area contributed by atoms with Crippen molar-refractivity contribution in [2.75, 3.05) is 21.2 Å². The number of carboxylic acids is 1. The largest absolute Gasteiger partial charge is 0.497 e. The van der Waals surface area contributed by atoms with Crippen LogP contribution in [0.25, 0.3) is 0 Å². The van der Waals surface area contributed by atoms with Crippen molar-refractivity contribution in [3.63, 3.8) is 0 Å². The molecule has 0 fully saturated rings. The number of benzene rings is 1. The van der Waals surface area contributed by atoms with Crippen LogP contribution in [0.1, 0.15) is 5.56 Å². The Morgan fingerprint density at radius 3 is 2.69 bits per heavy atom. The van der Waals surface area contributed by atoms with Crippen LogP contribution in [0.15, 0.2) is 24.3 Å². The molecule has 0 aliphatic rings. The number of ether oxygens (including phenoxy) is 1. The molecule has 0 spiro atoms. The molecule has 0 bridgehead atoms. The van der Waals surface area contributed by atoms with Crippen molar-refractivity contribution in [1.29, 1.82) is 0 Å². The van der Waals surface area contributed by atoms with Gasteiger partial charge in [-0.15, -0.1) is 0 Å². The Morgan fingerprint density at radius 2 is 2.19 bits per heavy atom. The third-order valence-electron chi connectivity index (χ3n) is 2.47. The summed E-state index contributed by atoms with van der Waals surface area (Å²) in [6.45, 7) is 0. The average molecular weight is 223 g/mol. The fourth-order valence-corrected chi connectivity index (χ4v) is 1.51. The first-order chi connectivity index (χ1) is 7.54. The van der Waals surface area contributed by atoms with Gasteiger partial charge in [0.05, 0.1) is 7.11 Å². The van der Waals surface area contributed by atoms with Crippen LogP contribution >= 0.6 is 0 Å². The molecule has 1 N–H and O–H groups in total. The van der Waals surface area contributed by atoms with Gasteiger partial charge in [-0.3, -0.25) is 9.69 Å². The Balaban J connectivity index is 2.81. The predicted octanol–water partition coefficient (Wildman–Crippen LogP) is 1.25. The number of carbonyl (C=O) groups is 1. The number of rotatable bonds is 5. The van der Waals surface area contributed by atoms with Gasteiger partial charge in [0, 0.05) is 0 Å². The lowest BCUT2D eigenvalue weighted by molar-refractivity contribution is -0.142. The summed E-state index contributed by atoms with van der Waals surface area (Å²) in [5, 5.41) is 9.06. The molecule has 0 aliphatic carbocycles. The molecule has 16 heavy (non-hydrogen) atoms. The smallest absolute Gasteiger partial charge is 0.321 e. The fourth-order valence-electron chi connectivity index (χ4n) is 1.51. The molecule has 0 aromatic heterocycles. The van der Waals surface area contributed by atoms with E-state index in [2.05, 4.69) is 0 Å². The number of methoxy groups -OCH3 is 1. The van der Waals surface area contributed by atoms with Gasteiger partial charge >= 0.3 is 5.97 Å². The number of hydrogen-bond donors (Lipinski definition) is 1. The van der Waals surface area contributed by atoms with Crippen LogP contribution in [0.4, 0.5) is 0 Å². The van der Waals surface area contributed by atoms with E-state index in [1.165, 1.54) is 0 Å². The van der Waals surface area contributed by atoms with Crippen molar-refractivity contribution in [2.24, 2.45) is 0 Å². The summed E-state index contributed by atoms with van der Waals surface area (Å²) in [5.74, 6) is -0.0618. The summed E-state index contributed by atoms with van der Waals surface area (Å²) >= 11 is 0. The topological polar surface area (TPSA) is 49.8 Å². The number of carboxylic acid groups (broad SMARTS) is 1.